The summed E-state index contributed by atoms with van der Waals surface area (Å²) < 4.78 is 37.7. The van der Waals surface area contributed by atoms with Crippen LogP contribution < -0.4 is 5.32 Å². The van der Waals surface area contributed by atoms with Crippen LogP contribution in [0, 0.1) is 18.6 Å². The first kappa shape index (κ1) is 18.6. The first-order chi connectivity index (χ1) is 12.7. The molecule has 1 saturated heterocycles. The SMILES string of the molecule is COC(=O)c1cc(CN2C(=O)N[C@](C)(c3cc(F)ccc3F)C2=O)oc1C. The van der Waals surface area contributed by atoms with Gasteiger partial charge in [0.2, 0.25) is 0 Å². The first-order valence-electron chi connectivity index (χ1n) is 7.94. The smallest absolute Gasteiger partial charge is 0.341 e. The topological polar surface area (TPSA) is 88.9 Å². The summed E-state index contributed by atoms with van der Waals surface area (Å²) in [5.74, 6) is -2.52. The Balaban J connectivity index is 1.91. The van der Waals surface area contributed by atoms with Crippen LogP contribution in [0.2, 0.25) is 0 Å². The van der Waals surface area contributed by atoms with Crippen molar-refractivity contribution in [3.05, 3.63) is 58.5 Å². The zero-order valence-corrected chi connectivity index (χ0v) is 14.8. The molecule has 1 aromatic heterocycles. The lowest BCUT2D eigenvalue weighted by molar-refractivity contribution is -0.131. The third kappa shape index (κ3) is 3.05. The number of nitrogens with zero attached hydrogens (tertiary/aromatic N) is 1. The number of benzene rings is 1. The Morgan fingerprint density at radius 2 is 2.00 bits per heavy atom. The van der Waals surface area contributed by atoms with Crippen molar-refractivity contribution < 1.29 is 32.3 Å². The molecule has 3 rings (SSSR count). The predicted octanol–water partition coefficient (Wildman–Crippen LogP) is 2.62. The molecule has 1 aliphatic heterocycles. The van der Waals surface area contributed by atoms with E-state index < -0.39 is 35.1 Å². The van der Waals surface area contributed by atoms with Gasteiger partial charge in [-0.15, -0.1) is 0 Å². The van der Waals surface area contributed by atoms with Crippen molar-refractivity contribution in [3.8, 4) is 0 Å². The normalized spacial score (nSPS) is 19.4. The molecular weight excluding hydrogens is 362 g/mol. The van der Waals surface area contributed by atoms with Crippen LogP contribution in [0.25, 0.3) is 0 Å². The van der Waals surface area contributed by atoms with Crippen molar-refractivity contribution in [1.82, 2.24) is 10.2 Å². The van der Waals surface area contributed by atoms with Crippen molar-refractivity contribution >= 4 is 17.9 Å². The number of hydrogen-bond acceptors (Lipinski definition) is 5. The van der Waals surface area contributed by atoms with Crippen LogP contribution in [0.5, 0.6) is 0 Å². The average molecular weight is 378 g/mol. The summed E-state index contributed by atoms with van der Waals surface area (Å²) in [5, 5.41) is 2.39. The maximum absolute atomic E-state index is 14.1. The van der Waals surface area contributed by atoms with Gasteiger partial charge in [-0.25, -0.2) is 18.4 Å². The molecule has 1 atom stereocenters. The number of esters is 1. The van der Waals surface area contributed by atoms with Crippen LogP contribution in [-0.4, -0.2) is 29.9 Å². The van der Waals surface area contributed by atoms with Gasteiger partial charge in [0, 0.05) is 5.56 Å². The third-order valence-corrected chi connectivity index (χ3v) is 4.43. The van der Waals surface area contributed by atoms with E-state index in [1.54, 1.807) is 0 Å². The molecule has 7 nitrogen and oxygen atoms in total. The Kier molecular flexibility index (Phi) is 4.46. The van der Waals surface area contributed by atoms with Gasteiger partial charge in [-0.1, -0.05) is 0 Å². The summed E-state index contributed by atoms with van der Waals surface area (Å²) in [7, 11) is 1.21. The van der Waals surface area contributed by atoms with Crippen molar-refractivity contribution in [3.63, 3.8) is 0 Å². The Morgan fingerprint density at radius 1 is 1.30 bits per heavy atom. The van der Waals surface area contributed by atoms with E-state index in [4.69, 9.17) is 4.42 Å². The van der Waals surface area contributed by atoms with Gasteiger partial charge < -0.3 is 14.5 Å². The number of methoxy groups -OCH3 is 1. The molecular formula is C18H16F2N2O5. The molecule has 0 aliphatic carbocycles. The van der Waals surface area contributed by atoms with E-state index in [0.717, 1.165) is 23.1 Å². The van der Waals surface area contributed by atoms with E-state index in [2.05, 4.69) is 10.1 Å². The number of halogens is 2. The zero-order valence-electron chi connectivity index (χ0n) is 14.8. The van der Waals surface area contributed by atoms with Crippen molar-refractivity contribution in [2.75, 3.05) is 7.11 Å². The highest BCUT2D eigenvalue weighted by Gasteiger charge is 2.50. The molecule has 1 aliphatic rings. The monoisotopic (exact) mass is 378 g/mol. The van der Waals surface area contributed by atoms with Gasteiger partial charge in [0.05, 0.1) is 13.7 Å². The lowest BCUT2D eigenvalue weighted by Crippen LogP contribution is -2.41. The van der Waals surface area contributed by atoms with Crippen molar-refractivity contribution in [1.29, 1.82) is 0 Å². The molecule has 2 heterocycles. The fourth-order valence-electron chi connectivity index (χ4n) is 2.99. The number of imide groups is 1. The van der Waals surface area contributed by atoms with E-state index in [1.807, 2.05) is 0 Å². The first-order valence-corrected chi connectivity index (χ1v) is 7.94. The average Bonchev–Trinajstić information content (AvgIpc) is 3.09. The maximum atomic E-state index is 14.1. The molecule has 0 spiro atoms. The highest BCUT2D eigenvalue weighted by molar-refractivity contribution is 6.07. The Bertz CT molecular complexity index is 955. The number of ether oxygens (including phenoxy) is 1. The van der Waals surface area contributed by atoms with E-state index in [9.17, 15) is 23.2 Å². The van der Waals surface area contributed by atoms with Gasteiger partial charge in [0.25, 0.3) is 5.91 Å². The van der Waals surface area contributed by atoms with Crippen LogP contribution in [0.15, 0.2) is 28.7 Å². The fourth-order valence-corrected chi connectivity index (χ4v) is 2.99. The lowest BCUT2D eigenvalue weighted by Gasteiger charge is -2.22. The van der Waals surface area contributed by atoms with Gasteiger partial charge in [0.1, 0.15) is 34.3 Å². The molecule has 1 aromatic carbocycles. The van der Waals surface area contributed by atoms with Gasteiger partial charge >= 0.3 is 12.0 Å². The van der Waals surface area contributed by atoms with E-state index in [1.165, 1.54) is 27.0 Å². The van der Waals surface area contributed by atoms with Gasteiger partial charge in [-0.05, 0) is 38.1 Å². The number of carbonyl (C=O) groups is 3. The molecule has 0 bridgehead atoms. The number of aryl methyl sites for hydroxylation is 1. The maximum Gasteiger partial charge on any atom is 0.341 e. The molecule has 3 amide bonds. The summed E-state index contributed by atoms with van der Waals surface area (Å²) in [6.45, 7) is 2.54. The minimum absolute atomic E-state index is 0.165. The summed E-state index contributed by atoms with van der Waals surface area (Å²) in [6, 6.07) is 3.24. The van der Waals surface area contributed by atoms with Crippen LogP contribution >= 0.6 is 0 Å². The van der Waals surface area contributed by atoms with Crippen LogP contribution in [0.3, 0.4) is 0 Å². The summed E-state index contributed by atoms with van der Waals surface area (Å²) in [4.78, 5) is 37.6. The molecule has 0 saturated carbocycles. The Morgan fingerprint density at radius 3 is 2.67 bits per heavy atom. The standard InChI is InChI=1S/C18H16F2N2O5/c1-9-12(15(23)26-3)7-11(27-9)8-22-16(24)18(2,21-17(22)25)13-6-10(19)4-5-14(13)20/h4-7H,8H2,1-3H3,(H,21,25)/t18-/m1/s1. The molecule has 1 N–H and O–H groups in total. The summed E-state index contributed by atoms with van der Waals surface area (Å²) in [6.07, 6.45) is 0. The third-order valence-electron chi connectivity index (χ3n) is 4.43. The predicted molar refractivity (Wildman–Crippen MR) is 87.6 cm³/mol. The summed E-state index contributed by atoms with van der Waals surface area (Å²) >= 11 is 0. The van der Waals surface area contributed by atoms with E-state index in [-0.39, 0.29) is 29.2 Å². The number of carbonyl (C=O) groups excluding carboxylic acids is 3. The molecule has 2 aromatic rings. The molecule has 1 fully saturated rings. The van der Waals surface area contributed by atoms with Crippen LogP contribution in [-0.2, 0) is 21.6 Å². The molecule has 0 radical (unpaired) electrons. The van der Waals surface area contributed by atoms with Gasteiger partial charge in [0.15, 0.2) is 0 Å². The molecule has 0 unspecified atom stereocenters. The van der Waals surface area contributed by atoms with Gasteiger partial charge in [-0.3, -0.25) is 9.69 Å². The number of nitrogens with one attached hydrogen (secondary N) is 1. The number of furan rings is 1. The Labute approximate surface area is 152 Å². The largest absolute Gasteiger partial charge is 0.465 e. The molecule has 27 heavy (non-hydrogen) atoms. The molecule has 9 heteroatoms. The van der Waals surface area contributed by atoms with Crippen LogP contribution in [0.4, 0.5) is 13.6 Å². The minimum Gasteiger partial charge on any atom is -0.465 e. The van der Waals surface area contributed by atoms with Crippen LogP contribution in [0.1, 0.15) is 34.4 Å². The van der Waals surface area contributed by atoms with Gasteiger partial charge in [-0.2, -0.15) is 0 Å². The van der Waals surface area contributed by atoms with E-state index >= 15 is 0 Å². The second kappa shape index (κ2) is 6.49. The fraction of sp³-hybridized carbons (Fsp3) is 0.278. The minimum atomic E-state index is -1.77. The zero-order chi connectivity index (χ0) is 19.9. The summed E-state index contributed by atoms with van der Waals surface area (Å²) in [5.41, 5.74) is -1.89. The number of rotatable bonds is 4. The number of amides is 3. The van der Waals surface area contributed by atoms with Crippen molar-refractivity contribution in [2.45, 2.75) is 25.9 Å². The lowest BCUT2D eigenvalue weighted by atomic mass is 9.91. The van der Waals surface area contributed by atoms with E-state index in [0.29, 0.717) is 0 Å². The second-order valence-electron chi connectivity index (χ2n) is 6.24. The highest BCUT2D eigenvalue weighted by atomic mass is 19.1. The quantitative estimate of drug-likeness (QED) is 0.653. The number of hydrogen-bond donors (Lipinski definition) is 1. The molecule has 142 valence electrons. The highest BCUT2D eigenvalue weighted by Crippen LogP contribution is 2.32. The van der Waals surface area contributed by atoms with Crippen molar-refractivity contribution in [2.24, 2.45) is 0 Å². The second-order valence-corrected chi connectivity index (χ2v) is 6.24. The Hall–Kier alpha value is -3.23. The number of urea groups is 1.